The molecule has 4 heteroatoms. The summed E-state index contributed by atoms with van der Waals surface area (Å²) in [6, 6.07) is 0.556. The molecule has 0 aromatic carbocycles. The summed E-state index contributed by atoms with van der Waals surface area (Å²) in [4.78, 5) is 3.86. The molecule has 0 bridgehead atoms. The van der Waals surface area contributed by atoms with Crippen LogP contribution in [0.2, 0.25) is 0 Å². The first-order valence-electron chi connectivity index (χ1n) is 3.89. The van der Waals surface area contributed by atoms with Gasteiger partial charge < -0.3 is 11.1 Å². The van der Waals surface area contributed by atoms with E-state index in [1.54, 1.807) is 7.05 Å². The maximum Gasteiger partial charge on any atom is 0.188 e. The zero-order valence-corrected chi connectivity index (χ0v) is 7.66. The van der Waals surface area contributed by atoms with E-state index in [1.807, 2.05) is 11.8 Å². The van der Waals surface area contributed by atoms with Gasteiger partial charge in [-0.3, -0.25) is 4.99 Å². The van der Waals surface area contributed by atoms with Gasteiger partial charge in [0.15, 0.2) is 5.96 Å². The van der Waals surface area contributed by atoms with Crippen LogP contribution in [0.25, 0.3) is 0 Å². The molecule has 3 nitrogen and oxygen atoms in total. The van der Waals surface area contributed by atoms with E-state index < -0.39 is 0 Å². The fourth-order valence-electron chi connectivity index (χ4n) is 1.12. The maximum atomic E-state index is 5.54. The van der Waals surface area contributed by atoms with E-state index in [4.69, 9.17) is 5.73 Å². The average molecular weight is 173 g/mol. The van der Waals surface area contributed by atoms with Gasteiger partial charge >= 0.3 is 0 Å². The summed E-state index contributed by atoms with van der Waals surface area (Å²) in [6.45, 7) is 0. The largest absolute Gasteiger partial charge is 0.370 e. The average Bonchev–Trinajstić information content (AvgIpc) is 2.06. The zero-order valence-electron chi connectivity index (χ0n) is 6.84. The summed E-state index contributed by atoms with van der Waals surface area (Å²) in [6.07, 6.45) is 2.42. The Morgan fingerprint density at radius 1 is 1.55 bits per heavy atom. The van der Waals surface area contributed by atoms with Crippen molar-refractivity contribution in [2.24, 2.45) is 10.7 Å². The van der Waals surface area contributed by atoms with E-state index >= 15 is 0 Å². The number of nitrogens with one attached hydrogen (secondary N) is 1. The molecule has 0 unspecified atom stereocenters. The quantitative estimate of drug-likeness (QED) is 0.446. The van der Waals surface area contributed by atoms with Crippen molar-refractivity contribution >= 4 is 17.7 Å². The molecule has 0 aromatic rings. The number of nitrogens with two attached hydrogens (primary N) is 1. The van der Waals surface area contributed by atoms with Crippen LogP contribution >= 0.6 is 11.8 Å². The molecule has 1 aliphatic heterocycles. The normalized spacial score (nSPS) is 21.7. The molecule has 1 aliphatic rings. The van der Waals surface area contributed by atoms with Gasteiger partial charge in [0, 0.05) is 13.1 Å². The molecule has 0 saturated carbocycles. The number of nitrogens with zero attached hydrogens (tertiary/aromatic N) is 1. The van der Waals surface area contributed by atoms with Crippen LogP contribution in [0, 0.1) is 0 Å². The first-order valence-corrected chi connectivity index (χ1v) is 5.05. The number of hydrogen-bond donors (Lipinski definition) is 2. The summed E-state index contributed by atoms with van der Waals surface area (Å²) in [7, 11) is 1.71. The highest BCUT2D eigenvalue weighted by Gasteiger charge is 2.12. The highest BCUT2D eigenvalue weighted by Crippen LogP contribution is 2.16. The van der Waals surface area contributed by atoms with Crippen molar-refractivity contribution in [3.8, 4) is 0 Å². The van der Waals surface area contributed by atoms with Crippen LogP contribution in [0.3, 0.4) is 0 Å². The van der Waals surface area contributed by atoms with Crippen LogP contribution in [0.4, 0.5) is 0 Å². The van der Waals surface area contributed by atoms with Gasteiger partial charge in [-0.15, -0.1) is 0 Å². The highest BCUT2D eigenvalue weighted by atomic mass is 32.2. The predicted molar refractivity (Wildman–Crippen MR) is 51.0 cm³/mol. The molecule has 0 radical (unpaired) electrons. The van der Waals surface area contributed by atoms with Crippen molar-refractivity contribution in [1.82, 2.24) is 5.32 Å². The Morgan fingerprint density at radius 2 is 2.18 bits per heavy atom. The Labute approximate surface area is 71.8 Å². The fraction of sp³-hybridized carbons (Fsp3) is 0.857. The molecular weight excluding hydrogens is 158 g/mol. The second-order valence-corrected chi connectivity index (χ2v) is 3.86. The van der Waals surface area contributed by atoms with Crippen LogP contribution < -0.4 is 11.1 Å². The summed E-state index contributed by atoms with van der Waals surface area (Å²) in [5.41, 5.74) is 5.54. The Balaban J connectivity index is 2.24. The monoisotopic (exact) mass is 173 g/mol. The molecule has 0 aromatic heterocycles. The van der Waals surface area contributed by atoms with Gasteiger partial charge in [-0.05, 0) is 24.3 Å². The van der Waals surface area contributed by atoms with Crippen LogP contribution in [0.5, 0.6) is 0 Å². The molecule has 1 heterocycles. The number of guanidine groups is 1. The molecule has 0 atom stereocenters. The first kappa shape index (κ1) is 8.71. The van der Waals surface area contributed by atoms with Gasteiger partial charge in [-0.2, -0.15) is 11.8 Å². The van der Waals surface area contributed by atoms with Gasteiger partial charge in [-0.1, -0.05) is 0 Å². The molecule has 64 valence electrons. The first-order chi connectivity index (χ1) is 5.33. The Bertz CT molecular complexity index is 141. The van der Waals surface area contributed by atoms with Gasteiger partial charge in [0.1, 0.15) is 0 Å². The van der Waals surface area contributed by atoms with Crippen LogP contribution in [0.15, 0.2) is 4.99 Å². The number of aliphatic imine (C=N–C) groups is 1. The van der Waals surface area contributed by atoms with Crippen molar-refractivity contribution in [3.63, 3.8) is 0 Å². The third-order valence-electron chi connectivity index (χ3n) is 1.81. The molecular formula is C7H15N3S. The number of thioether (sulfide) groups is 1. The molecule has 11 heavy (non-hydrogen) atoms. The second-order valence-electron chi connectivity index (χ2n) is 2.64. The Hall–Kier alpha value is -0.380. The van der Waals surface area contributed by atoms with E-state index in [9.17, 15) is 0 Å². The summed E-state index contributed by atoms with van der Waals surface area (Å²) in [5.74, 6) is 3.06. The van der Waals surface area contributed by atoms with Crippen molar-refractivity contribution in [1.29, 1.82) is 0 Å². The Morgan fingerprint density at radius 3 is 2.73 bits per heavy atom. The lowest BCUT2D eigenvalue weighted by molar-refractivity contribution is 0.564. The minimum absolute atomic E-state index is 0.556. The van der Waals surface area contributed by atoms with E-state index in [2.05, 4.69) is 10.3 Å². The smallest absolute Gasteiger partial charge is 0.188 e. The van der Waals surface area contributed by atoms with Crippen molar-refractivity contribution in [2.75, 3.05) is 18.6 Å². The molecule has 1 fully saturated rings. The molecule has 1 saturated heterocycles. The third-order valence-corrected chi connectivity index (χ3v) is 2.86. The van der Waals surface area contributed by atoms with Crippen LogP contribution in [-0.4, -0.2) is 30.6 Å². The van der Waals surface area contributed by atoms with Gasteiger partial charge in [0.25, 0.3) is 0 Å². The van der Waals surface area contributed by atoms with E-state index in [0.717, 1.165) is 0 Å². The standard InChI is InChI=1S/C7H15N3S/c1-9-7(8)10-6-2-4-11-5-3-6/h6H,2-5H2,1H3,(H3,8,9,10). The van der Waals surface area contributed by atoms with Crippen LogP contribution in [-0.2, 0) is 0 Å². The SMILES string of the molecule is CN=C(N)NC1CCSCC1. The van der Waals surface area contributed by atoms with Gasteiger partial charge in [0.05, 0.1) is 0 Å². The lowest BCUT2D eigenvalue weighted by Crippen LogP contribution is -2.41. The lowest BCUT2D eigenvalue weighted by atomic mass is 10.2. The highest BCUT2D eigenvalue weighted by molar-refractivity contribution is 7.99. The summed E-state index contributed by atoms with van der Waals surface area (Å²) in [5, 5.41) is 3.18. The third kappa shape index (κ3) is 3.01. The summed E-state index contributed by atoms with van der Waals surface area (Å²) >= 11 is 2.01. The van der Waals surface area contributed by atoms with Crippen molar-refractivity contribution in [2.45, 2.75) is 18.9 Å². The minimum Gasteiger partial charge on any atom is -0.370 e. The van der Waals surface area contributed by atoms with Crippen molar-refractivity contribution in [3.05, 3.63) is 0 Å². The van der Waals surface area contributed by atoms with E-state index in [1.165, 1.54) is 24.3 Å². The molecule has 0 amide bonds. The minimum atomic E-state index is 0.556. The van der Waals surface area contributed by atoms with Gasteiger partial charge in [-0.25, -0.2) is 0 Å². The molecule has 3 N–H and O–H groups in total. The zero-order chi connectivity index (χ0) is 8.10. The van der Waals surface area contributed by atoms with Gasteiger partial charge in [0.2, 0.25) is 0 Å². The molecule has 0 spiro atoms. The van der Waals surface area contributed by atoms with Crippen LogP contribution in [0.1, 0.15) is 12.8 Å². The van der Waals surface area contributed by atoms with Crippen molar-refractivity contribution < 1.29 is 0 Å². The molecule has 0 aliphatic carbocycles. The predicted octanol–water partition coefficient (Wildman–Crippen LogP) is 0.416. The summed E-state index contributed by atoms with van der Waals surface area (Å²) < 4.78 is 0. The number of rotatable bonds is 1. The fourth-order valence-corrected chi connectivity index (χ4v) is 2.22. The maximum absolute atomic E-state index is 5.54. The Kier molecular flexibility index (Phi) is 3.56. The number of hydrogen-bond acceptors (Lipinski definition) is 2. The topological polar surface area (TPSA) is 50.4 Å². The van der Waals surface area contributed by atoms with E-state index in [-0.39, 0.29) is 0 Å². The second kappa shape index (κ2) is 4.49. The van der Waals surface area contributed by atoms with E-state index in [0.29, 0.717) is 12.0 Å². The molecule has 1 rings (SSSR count). The lowest BCUT2D eigenvalue weighted by Gasteiger charge is -2.22.